The van der Waals surface area contributed by atoms with Crippen LogP contribution >= 0.6 is 0 Å². The van der Waals surface area contributed by atoms with Crippen molar-refractivity contribution >= 4 is 27.6 Å². The second-order valence-corrected chi connectivity index (χ2v) is 12.9. The van der Waals surface area contributed by atoms with Crippen LogP contribution in [0.3, 0.4) is 0 Å². The minimum atomic E-state index is 0.637. The van der Waals surface area contributed by atoms with Crippen molar-refractivity contribution in [3.8, 4) is 62.1 Å². The van der Waals surface area contributed by atoms with Gasteiger partial charge in [-0.15, -0.1) is 0 Å². The van der Waals surface area contributed by atoms with Gasteiger partial charge in [-0.1, -0.05) is 146 Å². The maximum atomic E-state index is 4.99. The molecule has 0 aliphatic heterocycles. The zero-order valence-electron chi connectivity index (χ0n) is 28.1. The fraction of sp³-hybridized carbons (Fsp3) is 0. The van der Waals surface area contributed by atoms with Crippen molar-refractivity contribution in [1.29, 1.82) is 0 Å². The van der Waals surface area contributed by atoms with Crippen LogP contribution in [0.4, 0.5) is 0 Å². The molecule has 0 unspecified atom stereocenters. The van der Waals surface area contributed by atoms with Crippen molar-refractivity contribution in [2.75, 3.05) is 0 Å². The summed E-state index contributed by atoms with van der Waals surface area (Å²) in [5.74, 6) is 1.93. The molecule has 0 amide bonds. The molecule has 0 radical (unpaired) electrons. The van der Waals surface area contributed by atoms with E-state index in [9.17, 15) is 0 Å². The average molecular weight is 666 g/mol. The first-order valence-electron chi connectivity index (χ1n) is 17.5. The van der Waals surface area contributed by atoms with Crippen molar-refractivity contribution in [2.24, 2.45) is 0 Å². The highest BCUT2D eigenvalue weighted by molar-refractivity contribution is 6.09. The number of benzene rings is 7. The van der Waals surface area contributed by atoms with E-state index in [4.69, 9.17) is 15.0 Å². The molecule has 0 atom stereocenters. The minimum absolute atomic E-state index is 0.637. The number of imidazole rings is 1. The quantitative estimate of drug-likeness (QED) is 0.178. The van der Waals surface area contributed by atoms with Crippen molar-refractivity contribution < 1.29 is 0 Å². The molecule has 0 spiro atoms. The summed E-state index contributed by atoms with van der Waals surface area (Å²) in [5.41, 5.74) is 13.2. The van der Waals surface area contributed by atoms with E-state index in [1.165, 1.54) is 27.5 Å². The lowest BCUT2D eigenvalue weighted by Crippen LogP contribution is -2.00. The van der Waals surface area contributed by atoms with E-state index in [0.29, 0.717) is 17.5 Å². The van der Waals surface area contributed by atoms with Gasteiger partial charge in [0, 0.05) is 33.3 Å². The van der Waals surface area contributed by atoms with Gasteiger partial charge in [0.25, 0.3) is 0 Å². The van der Waals surface area contributed by atoms with Crippen molar-refractivity contribution in [2.45, 2.75) is 0 Å². The van der Waals surface area contributed by atoms with Gasteiger partial charge in [-0.3, -0.25) is 8.97 Å². The fourth-order valence-corrected chi connectivity index (χ4v) is 7.39. The van der Waals surface area contributed by atoms with E-state index in [1.807, 2.05) is 60.7 Å². The zero-order chi connectivity index (χ0) is 34.4. The summed E-state index contributed by atoms with van der Waals surface area (Å²) in [6.45, 7) is 0. The van der Waals surface area contributed by atoms with Gasteiger partial charge >= 0.3 is 0 Å². The summed E-state index contributed by atoms with van der Waals surface area (Å²) in [4.78, 5) is 14.9. The highest BCUT2D eigenvalue weighted by atomic mass is 15.1. The molecular formula is C47H31N5. The Morgan fingerprint density at radius 2 is 0.769 bits per heavy atom. The lowest BCUT2D eigenvalue weighted by molar-refractivity contribution is 1.07. The first-order chi connectivity index (χ1) is 25.8. The SMILES string of the molecule is c1ccc(-c2nc(-c3ccccc3)nc(-c3cccc(-c4cccc(-c5c6ccccc6n6c7ccccc7n(-c7ccccc7)c56)c4)c3)n2)cc1. The molecule has 0 fully saturated rings. The second kappa shape index (κ2) is 12.3. The molecule has 0 saturated carbocycles. The van der Waals surface area contributed by atoms with Crippen LogP contribution in [0.15, 0.2) is 188 Å². The molecule has 7 aromatic carbocycles. The third-order valence-corrected chi connectivity index (χ3v) is 9.74. The first kappa shape index (κ1) is 29.8. The van der Waals surface area contributed by atoms with Gasteiger partial charge in [0.05, 0.1) is 16.6 Å². The highest BCUT2D eigenvalue weighted by Gasteiger charge is 2.22. The van der Waals surface area contributed by atoms with Gasteiger partial charge < -0.3 is 0 Å². The normalized spacial score (nSPS) is 11.5. The summed E-state index contributed by atoms with van der Waals surface area (Å²) >= 11 is 0. The minimum Gasteiger partial charge on any atom is -0.293 e. The Morgan fingerprint density at radius 1 is 0.327 bits per heavy atom. The van der Waals surface area contributed by atoms with Crippen LogP contribution in [0.1, 0.15) is 0 Å². The van der Waals surface area contributed by atoms with Crippen LogP contribution in [0.5, 0.6) is 0 Å². The smallest absolute Gasteiger partial charge is 0.164 e. The molecule has 52 heavy (non-hydrogen) atoms. The molecule has 0 aliphatic rings. The molecule has 0 saturated heterocycles. The predicted octanol–water partition coefficient (Wildman–Crippen LogP) is 11.6. The second-order valence-electron chi connectivity index (χ2n) is 12.9. The Hall–Kier alpha value is -7.11. The van der Waals surface area contributed by atoms with Crippen LogP contribution < -0.4 is 0 Å². The summed E-state index contributed by atoms with van der Waals surface area (Å²) in [6.07, 6.45) is 0. The van der Waals surface area contributed by atoms with Gasteiger partial charge in [-0.25, -0.2) is 15.0 Å². The van der Waals surface area contributed by atoms with E-state index in [0.717, 1.165) is 44.7 Å². The molecule has 5 heteroatoms. The number of hydrogen-bond acceptors (Lipinski definition) is 3. The Labute approximate surface area is 300 Å². The Kier molecular flexibility index (Phi) is 7.07. The van der Waals surface area contributed by atoms with Crippen molar-refractivity contribution in [1.82, 2.24) is 23.9 Å². The third kappa shape index (κ3) is 4.98. The average Bonchev–Trinajstić information content (AvgIpc) is 3.74. The molecule has 244 valence electrons. The largest absolute Gasteiger partial charge is 0.293 e. The number of nitrogens with zero attached hydrogens (tertiary/aromatic N) is 5. The highest BCUT2D eigenvalue weighted by Crippen LogP contribution is 2.41. The molecule has 0 N–H and O–H groups in total. The molecule has 3 heterocycles. The topological polar surface area (TPSA) is 48.0 Å². The van der Waals surface area contributed by atoms with Crippen molar-refractivity contribution in [3.63, 3.8) is 0 Å². The van der Waals surface area contributed by atoms with Gasteiger partial charge in [0.1, 0.15) is 5.65 Å². The molecule has 10 rings (SSSR count). The van der Waals surface area contributed by atoms with E-state index in [2.05, 4.69) is 136 Å². The molecule has 5 nitrogen and oxygen atoms in total. The standard InChI is InChI=1S/C47H31N5/c1-4-16-32(17-5-1)44-48-45(33-18-6-2-7-19-33)50-46(49-44)37-23-15-21-35(31-37)34-20-14-22-36(30-34)43-39-26-10-11-27-40(39)52-42-29-13-12-28-41(42)51(47(43)52)38-24-8-3-9-25-38/h1-31H. The van der Waals surface area contributed by atoms with Crippen LogP contribution in [0, 0.1) is 0 Å². The van der Waals surface area contributed by atoms with E-state index < -0.39 is 0 Å². The van der Waals surface area contributed by atoms with Gasteiger partial charge in [-0.2, -0.15) is 0 Å². The zero-order valence-corrected chi connectivity index (χ0v) is 28.1. The van der Waals surface area contributed by atoms with Crippen LogP contribution in [-0.2, 0) is 0 Å². The lowest BCUT2D eigenvalue weighted by atomic mass is 9.97. The fourth-order valence-electron chi connectivity index (χ4n) is 7.39. The molecule has 0 bridgehead atoms. The molecular weight excluding hydrogens is 635 g/mol. The number of fused-ring (bicyclic) bond motifs is 5. The summed E-state index contributed by atoms with van der Waals surface area (Å²) in [6, 6.07) is 65.6. The van der Waals surface area contributed by atoms with Gasteiger partial charge in [0.15, 0.2) is 17.5 Å². The summed E-state index contributed by atoms with van der Waals surface area (Å²) in [7, 11) is 0. The van der Waals surface area contributed by atoms with Crippen LogP contribution in [0.2, 0.25) is 0 Å². The van der Waals surface area contributed by atoms with E-state index >= 15 is 0 Å². The maximum absolute atomic E-state index is 4.99. The maximum Gasteiger partial charge on any atom is 0.164 e. The number of aromatic nitrogens is 5. The number of rotatable bonds is 6. The predicted molar refractivity (Wildman–Crippen MR) is 212 cm³/mol. The molecule has 10 aromatic rings. The Balaban J connectivity index is 1.15. The monoisotopic (exact) mass is 665 g/mol. The lowest BCUT2D eigenvalue weighted by Gasteiger charge is -2.11. The molecule has 3 aromatic heterocycles. The van der Waals surface area contributed by atoms with E-state index in [-0.39, 0.29) is 0 Å². The van der Waals surface area contributed by atoms with E-state index in [1.54, 1.807) is 0 Å². The number of para-hydroxylation sites is 4. The Bertz CT molecular complexity index is 2830. The van der Waals surface area contributed by atoms with Crippen LogP contribution in [-0.4, -0.2) is 23.9 Å². The third-order valence-electron chi connectivity index (χ3n) is 9.74. The van der Waals surface area contributed by atoms with Crippen LogP contribution in [0.25, 0.3) is 89.7 Å². The first-order valence-corrected chi connectivity index (χ1v) is 17.5. The Morgan fingerprint density at radius 3 is 1.40 bits per heavy atom. The van der Waals surface area contributed by atoms with Gasteiger partial charge in [0.2, 0.25) is 0 Å². The molecule has 0 aliphatic carbocycles. The van der Waals surface area contributed by atoms with Gasteiger partial charge in [-0.05, 0) is 59.2 Å². The summed E-state index contributed by atoms with van der Waals surface area (Å²) < 4.78 is 4.81. The van der Waals surface area contributed by atoms with Crippen molar-refractivity contribution in [3.05, 3.63) is 188 Å². The number of hydrogen-bond donors (Lipinski definition) is 0. The summed E-state index contributed by atoms with van der Waals surface area (Å²) in [5, 5.41) is 1.21.